The fraction of sp³-hybridized carbons (Fsp3) is 0.286. The van der Waals surface area contributed by atoms with Crippen molar-refractivity contribution in [3.05, 3.63) is 59.7 Å². The Morgan fingerprint density at radius 1 is 1.23 bits per heavy atom. The van der Waals surface area contributed by atoms with Gasteiger partial charge in [-0.1, -0.05) is 12.1 Å². The van der Waals surface area contributed by atoms with Crippen LogP contribution in [-0.4, -0.2) is 59.0 Å². The average molecular weight is 411 g/mol. The molecule has 2 aromatic heterocycles. The molecule has 0 aliphatic carbocycles. The highest BCUT2D eigenvalue weighted by atomic mass is 19.1. The molecule has 0 saturated carbocycles. The van der Waals surface area contributed by atoms with Gasteiger partial charge in [-0.3, -0.25) is 9.59 Å². The molecular weight excluding hydrogens is 389 g/mol. The Morgan fingerprint density at radius 2 is 1.97 bits per heavy atom. The molecule has 4 N–H and O–H groups in total. The summed E-state index contributed by atoms with van der Waals surface area (Å²) >= 11 is 0. The molecular formula is C21H22FN5O3. The van der Waals surface area contributed by atoms with Crippen LogP contribution in [0.25, 0.3) is 10.9 Å². The number of benzene rings is 1. The molecule has 1 aliphatic heterocycles. The van der Waals surface area contributed by atoms with Crippen molar-refractivity contribution in [3.8, 4) is 0 Å². The van der Waals surface area contributed by atoms with Gasteiger partial charge in [-0.25, -0.2) is 9.37 Å². The largest absolute Gasteiger partial charge is 0.384 e. The number of H-pyrrole nitrogens is 1. The summed E-state index contributed by atoms with van der Waals surface area (Å²) in [6, 6.07) is 8.42. The predicted molar refractivity (Wildman–Crippen MR) is 109 cm³/mol. The molecule has 1 fully saturated rings. The van der Waals surface area contributed by atoms with E-state index in [-0.39, 0.29) is 18.1 Å². The Bertz CT molecular complexity index is 1060. The maximum Gasteiger partial charge on any atom is 0.268 e. The van der Waals surface area contributed by atoms with Gasteiger partial charge in [0.15, 0.2) is 0 Å². The number of ether oxygens (including phenoxy) is 1. The lowest BCUT2D eigenvalue weighted by molar-refractivity contribution is -0.137. The van der Waals surface area contributed by atoms with E-state index in [1.807, 2.05) is 0 Å². The second-order valence-corrected chi connectivity index (χ2v) is 7.17. The zero-order chi connectivity index (χ0) is 21.1. The maximum absolute atomic E-state index is 13.3. The summed E-state index contributed by atoms with van der Waals surface area (Å²) in [5, 5.41) is 3.57. The number of fused-ring (bicyclic) bond motifs is 1. The Morgan fingerprint density at radius 3 is 2.70 bits per heavy atom. The van der Waals surface area contributed by atoms with E-state index in [9.17, 15) is 14.0 Å². The van der Waals surface area contributed by atoms with Crippen LogP contribution < -0.4 is 11.1 Å². The van der Waals surface area contributed by atoms with Gasteiger partial charge in [-0.15, -0.1) is 0 Å². The summed E-state index contributed by atoms with van der Waals surface area (Å²) in [5.41, 5.74) is 7.42. The summed E-state index contributed by atoms with van der Waals surface area (Å²) < 4.78 is 18.6. The lowest BCUT2D eigenvalue weighted by atomic mass is 10.0. The van der Waals surface area contributed by atoms with Gasteiger partial charge >= 0.3 is 0 Å². The zero-order valence-corrected chi connectivity index (χ0v) is 16.2. The topological polar surface area (TPSA) is 113 Å². The van der Waals surface area contributed by atoms with E-state index in [2.05, 4.69) is 15.3 Å². The number of carbonyl (C=O) groups is 2. The minimum atomic E-state index is -0.796. The van der Waals surface area contributed by atoms with Crippen LogP contribution in [0.5, 0.6) is 0 Å². The molecule has 2 amide bonds. The Kier molecular flexibility index (Phi) is 5.62. The van der Waals surface area contributed by atoms with Gasteiger partial charge in [0.05, 0.1) is 24.9 Å². The van der Waals surface area contributed by atoms with E-state index < -0.39 is 11.9 Å². The van der Waals surface area contributed by atoms with Crippen molar-refractivity contribution < 1.29 is 18.7 Å². The lowest BCUT2D eigenvalue weighted by Gasteiger charge is -2.30. The third kappa shape index (κ3) is 4.41. The molecule has 30 heavy (non-hydrogen) atoms. The van der Waals surface area contributed by atoms with Crippen molar-refractivity contribution in [2.45, 2.75) is 12.5 Å². The molecule has 4 rings (SSSR count). The van der Waals surface area contributed by atoms with Crippen LogP contribution in [0.15, 0.2) is 42.6 Å². The normalized spacial score (nSPS) is 15.2. The number of morpholine rings is 1. The minimum absolute atomic E-state index is 0.196. The summed E-state index contributed by atoms with van der Waals surface area (Å²) in [6.45, 7) is 1.84. The molecule has 1 atom stereocenters. The van der Waals surface area contributed by atoms with Gasteiger partial charge in [0, 0.05) is 24.9 Å². The number of nitrogens with one attached hydrogen (secondary N) is 2. The van der Waals surface area contributed by atoms with Crippen molar-refractivity contribution in [2.24, 2.45) is 0 Å². The molecule has 1 aromatic carbocycles. The summed E-state index contributed by atoms with van der Waals surface area (Å²) in [4.78, 5) is 34.7. The SMILES string of the molecule is Nc1cc2cc(C(=O)N[C@@H](Cc3ccc(F)cc3)C(=O)N3CCOCC3)[nH]c2cn1. The maximum atomic E-state index is 13.3. The van der Waals surface area contributed by atoms with Gasteiger partial charge in [-0.05, 0) is 29.8 Å². The van der Waals surface area contributed by atoms with E-state index in [0.717, 1.165) is 10.9 Å². The number of nitrogens with two attached hydrogens (primary N) is 1. The number of aromatic amines is 1. The molecule has 1 saturated heterocycles. The highest BCUT2D eigenvalue weighted by Crippen LogP contribution is 2.17. The Hall–Kier alpha value is -3.46. The van der Waals surface area contributed by atoms with E-state index in [4.69, 9.17) is 10.5 Å². The molecule has 1 aliphatic rings. The summed E-state index contributed by atoms with van der Waals surface area (Å²) in [6.07, 6.45) is 1.80. The first kappa shape index (κ1) is 19.8. The molecule has 3 heterocycles. The number of aromatic nitrogens is 2. The molecule has 3 aromatic rings. The molecule has 9 heteroatoms. The minimum Gasteiger partial charge on any atom is -0.384 e. The molecule has 0 unspecified atom stereocenters. The second kappa shape index (κ2) is 8.50. The predicted octanol–water partition coefficient (Wildman–Crippen LogP) is 1.48. The molecule has 0 bridgehead atoms. The zero-order valence-electron chi connectivity index (χ0n) is 16.2. The van der Waals surface area contributed by atoms with Gasteiger partial charge in [0.2, 0.25) is 5.91 Å². The molecule has 0 radical (unpaired) electrons. The summed E-state index contributed by atoms with van der Waals surface area (Å²) in [5.74, 6) is -0.619. The highest BCUT2D eigenvalue weighted by Gasteiger charge is 2.28. The van der Waals surface area contributed by atoms with Crippen LogP contribution in [-0.2, 0) is 16.0 Å². The fourth-order valence-electron chi connectivity index (χ4n) is 3.47. The quantitative estimate of drug-likeness (QED) is 0.589. The lowest BCUT2D eigenvalue weighted by Crippen LogP contribution is -2.52. The van der Waals surface area contributed by atoms with Gasteiger partial charge in [-0.2, -0.15) is 0 Å². The summed E-state index contributed by atoms with van der Waals surface area (Å²) in [7, 11) is 0. The number of halogens is 1. The van der Waals surface area contributed by atoms with Crippen LogP contribution in [0.2, 0.25) is 0 Å². The number of pyridine rings is 1. The number of carbonyl (C=O) groups excluding carboxylic acids is 2. The molecule has 8 nitrogen and oxygen atoms in total. The number of nitrogens with zero attached hydrogens (tertiary/aromatic N) is 2. The fourth-order valence-corrected chi connectivity index (χ4v) is 3.47. The standard InChI is InChI=1S/C21H22FN5O3/c22-15-3-1-13(2-4-15)9-17(21(29)27-5-7-30-8-6-27)26-20(28)16-10-14-11-19(23)24-12-18(14)25-16/h1-4,10-12,17,25H,5-9H2,(H2,23,24)(H,26,28)/t17-/m0/s1. The Labute approximate surface area is 172 Å². The van der Waals surface area contributed by atoms with Crippen molar-refractivity contribution in [2.75, 3.05) is 32.0 Å². The molecule has 156 valence electrons. The smallest absolute Gasteiger partial charge is 0.268 e. The first-order valence-corrected chi connectivity index (χ1v) is 9.66. The Balaban J connectivity index is 1.56. The van der Waals surface area contributed by atoms with Gasteiger partial charge in [0.25, 0.3) is 5.91 Å². The van der Waals surface area contributed by atoms with Crippen LogP contribution in [0, 0.1) is 5.82 Å². The van der Waals surface area contributed by atoms with Crippen molar-refractivity contribution in [3.63, 3.8) is 0 Å². The monoisotopic (exact) mass is 411 g/mol. The van der Waals surface area contributed by atoms with Crippen molar-refractivity contribution in [1.29, 1.82) is 0 Å². The first-order valence-electron chi connectivity index (χ1n) is 9.66. The van der Waals surface area contributed by atoms with E-state index in [1.54, 1.807) is 35.4 Å². The highest BCUT2D eigenvalue weighted by molar-refractivity contribution is 6.00. The van der Waals surface area contributed by atoms with E-state index in [0.29, 0.717) is 43.3 Å². The average Bonchev–Trinajstić information content (AvgIpc) is 3.18. The number of amides is 2. The third-order valence-electron chi connectivity index (χ3n) is 5.05. The second-order valence-electron chi connectivity index (χ2n) is 7.17. The van der Waals surface area contributed by atoms with E-state index >= 15 is 0 Å². The number of nitrogen functional groups attached to an aromatic ring is 1. The number of rotatable bonds is 5. The van der Waals surface area contributed by atoms with Crippen LogP contribution in [0.1, 0.15) is 16.1 Å². The van der Waals surface area contributed by atoms with Crippen molar-refractivity contribution in [1.82, 2.24) is 20.2 Å². The number of hydrogen-bond donors (Lipinski definition) is 3. The number of anilines is 1. The van der Waals surface area contributed by atoms with Crippen LogP contribution in [0.3, 0.4) is 0 Å². The van der Waals surface area contributed by atoms with Gasteiger partial charge < -0.3 is 25.7 Å². The molecule has 0 spiro atoms. The first-order chi connectivity index (χ1) is 14.5. The van der Waals surface area contributed by atoms with Crippen molar-refractivity contribution >= 4 is 28.5 Å². The van der Waals surface area contributed by atoms with Gasteiger partial charge in [0.1, 0.15) is 23.4 Å². The van der Waals surface area contributed by atoms with E-state index in [1.165, 1.54) is 12.1 Å². The third-order valence-corrected chi connectivity index (χ3v) is 5.05. The number of hydrogen-bond acceptors (Lipinski definition) is 5. The van der Waals surface area contributed by atoms with Crippen LogP contribution >= 0.6 is 0 Å². The van der Waals surface area contributed by atoms with Crippen LogP contribution in [0.4, 0.5) is 10.2 Å².